The van der Waals surface area contributed by atoms with Crippen LogP contribution in [0.4, 0.5) is 11.6 Å². The van der Waals surface area contributed by atoms with E-state index in [0.29, 0.717) is 42.8 Å². The Morgan fingerprint density at radius 1 is 1.23 bits per heavy atom. The van der Waals surface area contributed by atoms with E-state index < -0.39 is 11.9 Å². The number of hydrogen-bond donors (Lipinski definition) is 2. The number of fused-ring (bicyclic) bond motifs is 1. The van der Waals surface area contributed by atoms with Gasteiger partial charge in [0.1, 0.15) is 17.5 Å². The van der Waals surface area contributed by atoms with Gasteiger partial charge in [0.05, 0.1) is 31.6 Å². The van der Waals surface area contributed by atoms with Crippen molar-refractivity contribution in [3.8, 4) is 11.4 Å². The molecule has 1 saturated heterocycles. The third-order valence-electron chi connectivity index (χ3n) is 5.10. The van der Waals surface area contributed by atoms with Gasteiger partial charge in [0.2, 0.25) is 11.7 Å². The van der Waals surface area contributed by atoms with Crippen LogP contribution in [0.1, 0.15) is 17.4 Å². The Labute approximate surface area is 173 Å². The van der Waals surface area contributed by atoms with Gasteiger partial charge < -0.3 is 15.2 Å². The zero-order valence-corrected chi connectivity index (χ0v) is 16.7. The summed E-state index contributed by atoms with van der Waals surface area (Å²) >= 11 is 0. The molecule has 2 N–H and O–H groups in total. The molecule has 0 bridgehead atoms. The van der Waals surface area contributed by atoms with E-state index in [1.54, 1.807) is 29.3 Å². The van der Waals surface area contributed by atoms with Gasteiger partial charge in [0.15, 0.2) is 11.6 Å². The molecule has 0 radical (unpaired) electrons. The molecule has 1 fully saturated rings. The minimum atomic E-state index is -1.14. The second-order valence-corrected chi connectivity index (χ2v) is 7.23. The van der Waals surface area contributed by atoms with Crippen molar-refractivity contribution >= 4 is 23.3 Å². The van der Waals surface area contributed by atoms with Crippen LogP contribution in [0.15, 0.2) is 24.4 Å². The summed E-state index contributed by atoms with van der Waals surface area (Å²) in [4.78, 5) is 41.9. The predicted octanol–water partition coefficient (Wildman–Crippen LogP) is 0.193. The summed E-state index contributed by atoms with van der Waals surface area (Å²) < 4.78 is 5.37. The molecule has 10 heteroatoms. The number of morpholine rings is 1. The number of anilines is 2. The smallest absolute Gasteiger partial charge is 0.247 e. The highest BCUT2D eigenvalue weighted by Crippen LogP contribution is 2.28. The van der Waals surface area contributed by atoms with Crippen molar-refractivity contribution in [2.75, 3.05) is 56.2 Å². The number of aliphatic hydroxyl groups excluding tert-OH is 1. The SMILES string of the molecule is CC(O)C(=O)c1cccc(-c2cnc3c(n2)N(CCN2CCOCC2)C(=O)CN3)n1. The zero-order valence-electron chi connectivity index (χ0n) is 16.7. The van der Waals surface area contributed by atoms with Crippen LogP contribution in [0.3, 0.4) is 0 Å². The lowest BCUT2D eigenvalue weighted by Gasteiger charge is -2.32. The number of carbonyl (C=O) groups is 2. The van der Waals surface area contributed by atoms with Crippen molar-refractivity contribution in [2.24, 2.45) is 0 Å². The molecule has 0 aromatic carbocycles. The number of nitrogens with zero attached hydrogens (tertiary/aromatic N) is 5. The second-order valence-electron chi connectivity index (χ2n) is 7.23. The molecule has 0 aliphatic carbocycles. The molecule has 158 valence electrons. The number of Topliss-reactive ketones (excluding diaryl/α,β-unsaturated/α-hetero) is 1. The number of hydrogen-bond acceptors (Lipinski definition) is 9. The molecule has 1 unspecified atom stereocenters. The number of ether oxygens (including phenoxy) is 1. The van der Waals surface area contributed by atoms with Crippen LogP contribution in [-0.2, 0) is 9.53 Å². The molecule has 2 aliphatic rings. The summed E-state index contributed by atoms with van der Waals surface area (Å²) in [5.74, 6) is 0.447. The van der Waals surface area contributed by atoms with E-state index in [0.717, 1.165) is 19.6 Å². The van der Waals surface area contributed by atoms with Gasteiger partial charge in [-0.3, -0.25) is 19.4 Å². The Morgan fingerprint density at radius 2 is 2.03 bits per heavy atom. The van der Waals surface area contributed by atoms with E-state index in [4.69, 9.17) is 4.74 Å². The summed E-state index contributed by atoms with van der Waals surface area (Å²) in [5, 5.41) is 12.5. The van der Waals surface area contributed by atoms with Crippen molar-refractivity contribution in [1.29, 1.82) is 0 Å². The Kier molecular flexibility index (Phi) is 5.98. The highest BCUT2D eigenvalue weighted by Gasteiger charge is 2.28. The van der Waals surface area contributed by atoms with Crippen LogP contribution >= 0.6 is 0 Å². The Bertz CT molecular complexity index is 945. The molecule has 4 heterocycles. The molecular formula is C20H24N6O4. The van der Waals surface area contributed by atoms with Crippen LogP contribution in [0, 0.1) is 0 Å². The third kappa shape index (κ3) is 4.30. The topological polar surface area (TPSA) is 121 Å². The number of carbonyl (C=O) groups excluding carboxylic acids is 2. The zero-order chi connectivity index (χ0) is 21.1. The maximum atomic E-state index is 12.6. The highest BCUT2D eigenvalue weighted by atomic mass is 16.5. The number of pyridine rings is 1. The lowest BCUT2D eigenvalue weighted by atomic mass is 10.1. The van der Waals surface area contributed by atoms with E-state index in [9.17, 15) is 14.7 Å². The highest BCUT2D eigenvalue weighted by molar-refractivity contribution is 6.01. The van der Waals surface area contributed by atoms with Gasteiger partial charge in [-0.05, 0) is 19.1 Å². The van der Waals surface area contributed by atoms with Gasteiger partial charge in [0.25, 0.3) is 0 Å². The van der Waals surface area contributed by atoms with Crippen molar-refractivity contribution in [1.82, 2.24) is 19.9 Å². The summed E-state index contributed by atoms with van der Waals surface area (Å²) in [7, 11) is 0. The monoisotopic (exact) mass is 412 g/mol. The normalized spacial score (nSPS) is 17.9. The van der Waals surface area contributed by atoms with Crippen molar-refractivity contribution in [2.45, 2.75) is 13.0 Å². The molecule has 10 nitrogen and oxygen atoms in total. The molecule has 30 heavy (non-hydrogen) atoms. The second kappa shape index (κ2) is 8.82. The predicted molar refractivity (Wildman–Crippen MR) is 109 cm³/mol. The van der Waals surface area contributed by atoms with Gasteiger partial charge in [-0.15, -0.1) is 0 Å². The fourth-order valence-corrected chi connectivity index (χ4v) is 3.41. The number of nitrogens with one attached hydrogen (secondary N) is 1. The molecule has 2 aromatic heterocycles. The first-order valence-electron chi connectivity index (χ1n) is 9.94. The van der Waals surface area contributed by atoms with E-state index in [1.807, 2.05) is 0 Å². The van der Waals surface area contributed by atoms with Crippen LogP contribution in [0.2, 0.25) is 0 Å². The molecule has 1 atom stereocenters. The quantitative estimate of drug-likeness (QED) is 0.641. The maximum absolute atomic E-state index is 12.6. The average Bonchev–Trinajstić information content (AvgIpc) is 2.78. The van der Waals surface area contributed by atoms with Crippen LogP contribution in [0.5, 0.6) is 0 Å². The fourth-order valence-electron chi connectivity index (χ4n) is 3.41. The standard InChI is InChI=1S/C20H24N6O4/c1-13(27)18(29)15-4-2-3-14(23-15)16-11-21-19-20(24-16)26(17(28)12-22-19)6-5-25-7-9-30-10-8-25/h2-4,11,13,27H,5-10,12H2,1H3,(H,21,22). The van der Waals surface area contributed by atoms with E-state index in [1.165, 1.54) is 6.92 Å². The Hall–Kier alpha value is -2.95. The largest absolute Gasteiger partial charge is 0.385 e. The van der Waals surface area contributed by atoms with Crippen LogP contribution < -0.4 is 10.2 Å². The van der Waals surface area contributed by atoms with Gasteiger partial charge in [-0.1, -0.05) is 6.07 Å². The first-order chi connectivity index (χ1) is 14.5. The molecule has 0 spiro atoms. The summed E-state index contributed by atoms with van der Waals surface area (Å²) in [6, 6.07) is 4.94. The number of aliphatic hydroxyl groups is 1. The number of amides is 1. The lowest BCUT2D eigenvalue weighted by Crippen LogP contribution is -2.47. The van der Waals surface area contributed by atoms with Gasteiger partial charge in [-0.2, -0.15) is 0 Å². The van der Waals surface area contributed by atoms with Crippen molar-refractivity contribution < 1.29 is 19.4 Å². The number of rotatable bonds is 6. The summed E-state index contributed by atoms with van der Waals surface area (Å²) in [5.41, 5.74) is 1.05. The van der Waals surface area contributed by atoms with E-state index in [-0.39, 0.29) is 18.1 Å². The lowest BCUT2D eigenvalue weighted by molar-refractivity contribution is -0.117. The molecular weight excluding hydrogens is 388 g/mol. The van der Waals surface area contributed by atoms with Crippen LogP contribution in [-0.4, -0.2) is 88.7 Å². The van der Waals surface area contributed by atoms with Gasteiger partial charge in [0, 0.05) is 26.2 Å². The van der Waals surface area contributed by atoms with Crippen LogP contribution in [0.25, 0.3) is 11.4 Å². The first kappa shape index (κ1) is 20.3. The molecule has 4 rings (SSSR count). The number of aromatic nitrogens is 3. The Balaban J connectivity index is 1.59. The minimum absolute atomic E-state index is 0.0757. The minimum Gasteiger partial charge on any atom is -0.385 e. The maximum Gasteiger partial charge on any atom is 0.247 e. The summed E-state index contributed by atoms with van der Waals surface area (Å²) in [6.45, 7) is 5.86. The molecule has 2 aromatic rings. The van der Waals surface area contributed by atoms with Gasteiger partial charge >= 0.3 is 0 Å². The molecule has 2 aliphatic heterocycles. The Morgan fingerprint density at radius 3 is 2.80 bits per heavy atom. The van der Waals surface area contributed by atoms with E-state index in [2.05, 4.69) is 25.2 Å². The van der Waals surface area contributed by atoms with E-state index >= 15 is 0 Å². The molecule has 1 amide bonds. The summed E-state index contributed by atoms with van der Waals surface area (Å²) in [6.07, 6.45) is 0.417. The molecule has 0 saturated carbocycles. The fraction of sp³-hybridized carbons (Fsp3) is 0.450. The average molecular weight is 412 g/mol. The third-order valence-corrected chi connectivity index (χ3v) is 5.10. The number of ketones is 1. The van der Waals surface area contributed by atoms with Gasteiger partial charge in [-0.25, -0.2) is 15.0 Å². The first-order valence-corrected chi connectivity index (χ1v) is 9.94. The van der Waals surface area contributed by atoms with Crippen molar-refractivity contribution in [3.05, 3.63) is 30.1 Å². The van der Waals surface area contributed by atoms with Crippen molar-refractivity contribution in [3.63, 3.8) is 0 Å².